The average Bonchev–Trinajstić information content (AvgIpc) is 3.47. The SMILES string of the molecule is O=C(C[C@@H]1C=C[C@@H](NC(=O)C2CC2)[C@H](CO)O1)NCc1ccccc1Cl. The van der Waals surface area contributed by atoms with Crippen LogP contribution in [0.25, 0.3) is 0 Å². The molecule has 7 heteroatoms. The van der Waals surface area contributed by atoms with E-state index in [9.17, 15) is 14.7 Å². The van der Waals surface area contributed by atoms with Gasteiger partial charge in [0, 0.05) is 17.5 Å². The number of amides is 2. The molecule has 0 saturated heterocycles. The third kappa shape index (κ3) is 5.06. The first-order valence-corrected chi connectivity index (χ1v) is 9.19. The Bertz CT molecular complexity index is 690. The molecule has 140 valence electrons. The van der Waals surface area contributed by atoms with Gasteiger partial charge in [0.1, 0.15) is 6.10 Å². The molecule has 1 heterocycles. The van der Waals surface area contributed by atoms with E-state index in [1.54, 1.807) is 18.2 Å². The first-order valence-electron chi connectivity index (χ1n) is 8.82. The molecule has 0 aromatic heterocycles. The first kappa shape index (κ1) is 18.9. The lowest BCUT2D eigenvalue weighted by Gasteiger charge is -2.31. The zero-order valence-corrected chi connectivity index (χ0v) is 15.1. The van der Waals surface area contributed by atoms with Gasteiger partial charge in [-0.3, -0.25) is 9.59 Å². The zero-order valence-electron chi connectivity index (χ0n) is 14.4. The molecule has 26 heavy (non-hydrogen) atoms. The van der Waals surface area contributed by atoms with E-state index in [0.717, 1.165) is 18.4 Å². The van der Waals surface area contributed by atoms with Crippen LogP contribution in [0.15, 0.2) is 36.4 Å². The number of aliphatic hydroxyl groups excluding tert-OH is 1. The van der Waals surface area contributed by atoms with Crippen LogP contribution in [0.2, 0.25) is 5.02 Å². The Morgan fingerprint density at radius 2 is 2.00 bits per heavy atom. The number of nitrogens with one attached hydrogen (secondary N) is 2. The van der Waals surface area contributed by atoms with E-state index in [1.807, 2.05) is 18.2 Å². The van der Waals surface area contributed by atoms with Crippen LogP contribution in [-0.4, -0.2) is 41.8 Å². The van der Waals surface area contributed by atoms with Gasteiger partial charge in [0.25, 0.3) is 0 Å². The summed E-state index contributed by atoms with van der Waals surface area (Å²) >= 11 is 6.07. The van der Waals surface area contributed by atoms with E-state index in [2.05, 4.69) is 10.6 Å². The van der Waals surface area contributed by atoms with E-state index in [1.165, 1.54) is 0 Å². The number of hydrogen-bond donors (Lipinski definition) is 3. The van der Waals surface area contributed by atoms with Gasteiger partial charge in [-0.05, 0) is 24.5 Å². The highest BCUT2D eigenvalue weighted by molar-refractivity contribution is 6.31. The Kier molecular flexibility index (Phi) is 6.29. The van der Waals surface area contributed by atoms with Crippen LogP contribution in [0.3, 0.4) is 0 Å². The van der Waals surface area contributed by atoms with Crippen molar-refractivity contribution < 1.29 is 19.4 Å². The molecule has 1 aromatic rings. The van der Waals surface area contributed by atoms with Crippen molar-refractivity contribution in [3.63, 3.8) is 0 Å². The molecule has 0 spiro atoms. The van der Waals surface area contributed by atoms with Crippen LogP contribution in [0.5, 0.6) is 0 Å². The van der Waals surface area contributed by atoms with Crippen LogP contribution in [0.4, 0.5) is 0 Å². The Morgan fingerprint density at radius 3 is 2.69 bits per heavy atom. The van der Waals surface area contributed by atoms with E-state index < -0.39 is 12.2 Å². The summed E-state index contributed by atoms with van der Waals surface area (Å²) in [7, 11) is 0. The number of hydrogen-bond acceptors (Lipinski definition) is 4. The second-order valence-corrected chi connectivity index (χ2v) is 7.07. The van der Waals surface area contributed by atoms with Crippen LogP contribution in [0, 0.1) is 5.92 Å². The predicted molar refractivity (Wildman–Crippen MR) is 97.5 cm³/mol. The van der Waals surface area contributed by atoms with Crippen LogP contribution in [0.1, 0.15) is 24.8 Å². The largest absolute Gasteiger partial charge is 0.394 e. The molecular weight excluding hydrogens is 356 g/mol. The molecule has 3 atom stereocenters. The fourth-order valence-electron chi connectivity index (χ4n) is 2.85. The molecule has 2 aliphatic rings. The van der Waals surface area contributed by atoms with E-state index in [0.29, 0.717) is 11.6 Å². The van der Waals surface area contributed by atoms with Crippen molar-refractivity contribution in [2.24, 2.45) is 5.92 Å². The second kappa shape index (κ2) is 8.66. The molecule has 1 aliphatic carbocycles. The van der Waals surface area contributed by atoms with Gasteiger partial charge in [-0.2, -0.15) is 0 Å². The molecule has 1 aromatic carbocycles. The standard InChI is InChI=1S/C19H23ClN2O4/c20-15-4-2-1-3-13(15)10-21-18(24)9-14-7-8-16(17(11-23)26-14)22-19(25)12-5-6-12/h1-4,7-8,12,14,16-17,23H,5-6,9-11H2,(H,21,24)(H,22,25)/t14-,16+,17-/m0/s1. The number of rotatable bonds is 7. The number of carbonyl (C=O) groups excluding carboxylic acids is 2. The lowest BCUT2D eigenvalue weighted by atomic mass is 10.0. The van der Waals surface area contributed by atoms with E-state index in [-0.39, 0.29) is 36.8 Å². The fraction of sp³-hybridized carbons (Fsp3) is 0.474. The molecule has 1 saturated carbocycles. The molecule has 0 unspecified atom stereocenters. The summed E-state index contributed by atoms with van der Waals surface area (Å²) in [6.07, 6.45) is 4.55. The zero-order chi connectivity index (χ0) is 18.5. The van der Waals surface area contributed by atoms with Crippen molar-refractivity contribution in [1.29, 1.82) is 0 Å². The monoisotopic (exact) mass is 378 g/mol. The second-order valence-electron chi connectivity index (χ2n) is 6.66. The van der Waals surface area contributed by atoms with Gasteiger partial charge < -0.3 is 20.5 Å². The Balaban J connectivity index is 1.49. The van der Waals surface area contributed by atoms with Crippen molar-refractivity contribution in [3.8, 4) is 0 Å². The number of benzene rings is 1. The summed E-state index contributed by atoms with van der Waals surface area (Å²) in [5.41, 5.74) is 0.846. The van der Waals surface area contributed by atoms with Crippen molar-refractivity contribution in [2.75, 3.05) is 6.61 Å². The average molecular weight is 379 g/mol. The number of aliphatic hydroxyl groups is 1. The van der Waals surface area contributed by atoms with Gasteiger partial charge in [0.2, 0.25) is 11.8 Å². The molecule has 0 radical (unpaired) electrons. The maximum atomic E-state index is 12.1. The van der Waals surface area contributed by atoms with E-state index >= 15 is 0 Å². The molecule has 3 rings (SSSR count). The minimum atomic E-state index is -0.552. The Labute approximate surface area is 157 Å². The molecule has 2 amide bonds. The Hall–Kier alpha value is -1.89. The molecule has 0 bridgehead atoms. The summed E-state index contributed by atoms with van der Waals surface area (Å²) in [5.74, 6) is -0.0783. The van der Waals surface area contributed by atoms with Crippen LogP contribution < -0.4 is 10.6 Å². The van der Waals surface area contributed by atoms with Gasteiger partial charge in [-0.15, -0.1) is 0 Å². The van der Waals surface area contributed by atoms with Gasteiger partial charge in [-0.25, -0.2) is 0 Å². The number of ether oxygens (including phenoxy) is 1. The summed E-state index contributed by atoms with van der Waals surface area (Å²) in [6, 6.07) is 6.96. The third-order valence-electron chi connectivity index (χ3n) is 4.54. The predicted octanol–water partition coefficient (Wildman–Crippen LogP) is 1.56. The molecule has 1 fully saturated rings. The lowest BCUT2D eigenvalue weighted by molar-refractivity contribution is -0.128. The van der Waals surface area contributed by atoms with Crippen molar-refractivity contribution >= 4 is 23.4 Å². The molecular formula is C19H23ClN2O4. The maximum absolute atomic E-state index is 12.1. The highest BCUT2D eigenvalue weighted by Crippen LogP contribution is 2.29. The minimum Gasteiger partial charge on any atom is -0.394 e. The minimum absolute atomic E-state index is 0.00219. The first-order chi connectivity index (χ1) is 12.6. The number of carbonyl (C=O) groups is 2. The summed E-state index contributed by atoms with van der Waals surface area (Å²) in [5, 5.41) is 15.8. The maximum Gasteiger partial charge on any atom is 0.223 e. The van der Waals surface area contributed by atoms with Gasteiger partial charge in [0.05, 0.1) is 25.2 Å². The van der Waals surface area contributed by atoms with Crippen molar-refractivity contribution in [2.45, 2.75) is 44.1 Å². The molecule has 6 nitrogen and oxygen atoms in total. The van der Waals surface area contributed by atoms with Gasteiger partial charge in [0.15, 0.2) is 0 Å². The summed E-state index contributed by atoms with van der Waals surface area (Å²) in [6.45, 7) is 0.121. The van der Waals surface area contributed by atoms with Crippen LogP contribution >= 0.6 is 11.6 Å². The fourth-order valence-corrected chi connectivity index (χ4v) is 3.06. The quantitative estimate of drug-likeness (QED) is 0.628. The topological polar surface area (TPSA) is 87.7 Å². The van der Waals surface area contributed by atoms with Crippen molar-refractivity contribution in [1.82, 2.24) is 10.6 Å². The normalized spacial score (nSPS) is 24.9. The smallest absolute Gasteiger partial charge is 0.223 e. The highest BCUT2D eigenvalue weighted by atomic mass is 35.5. The van der Waals surface area contributed by atoms with E-state index in [4.69, 9.17) is 16.3 Å². The Morgan fingerprint density at radius 1 is 1.23 bits per heavy atom. The van der Waals surface area contributed by atoms with Gasteiger partial charge >= 0.3 is 0 Å². The van der Waals surface area contributed by atoms with Crippen molar-refractivity contribution in [3.05, 3.63) is 47.0 Å². The van der Waals surface area contributed by atoms with Gasteiger partial charge in [-0.1, -0.05) is 42.0 Å². The lowest BCUT2D eigenvalue weighted by Crippen LogP contribution is -2.49. The summed E-state index contributed by atoms with van der Waals surface area (Å²) in [4.78, 5) is 24.0. The highest BCUT2D eigenvalue weighted by Gasteiger charge is 2.34. The third-order valence-corrected chi connectivity index (χ3v) is 4.91. The molecule has 3 N–H and O–H groups in total. The molecule has 1 aliphatic heterocycles. The number of halogens is 1. The van der Waals surface area contributed by atoms with Crippen LogP contribution in [-0.2, 0) is 20.9 Å². The summed E-state index contributed by atoms with van der Waals surface area (Å²) < 4.78 is 5.76.